The van der Waals surface area contributed by atoms with Gasteiger partial charge in [0.1, 0.15) is 0 Å². The van der Waals surface area contributed by atoms with Gasteiger partial charge in [-0.1, -0.05) is 12.1 Å². The van der Waals surface area contributed by atoms with Crippen molar-refractivity contribution in [3.05, 3.63) is 24.3 Å². The monoisotopic (exact) mass is 191 g/mol. The molecule has 0 aliphatic heterocycles. The molecule has 1 aliphatic carbocycles. The minimum Gasteiger partial charge on any atom is -0.423 e. The Bertz CT molecular complexity index is 313. The van der Waals surface area contributed by atoms with Crippen LogP contribution in [0.25, 0.3) is 0 Å². The van der Waals surface area contributed by atoms with Crippen molar-refractivity contribution >= 4 is 18.3 Å². The van der Waals surface area contributed by atoms with Crippen LogP contribution in [-0.4, -0.2) is 23.7 Å². The number of nitrogens with one attached hydrogen (secondary N) is 1. The zero-order chi connectivity index (χ0) is 9.97. The van der Waals surface area contributed by atoms with Gasteiger partial charge in [-0.3, -0.25) is 0 Å². The Morgan fingerprint density at radius 1 is 1.36 bits per heavy atom. The lowest BCUT2D eigenvalue weighted by atomic mass is 9.80. The van der Waals surface area contributed by atoms with E-state index in [-0.39, 0.29) is 0 Å². The van der Waals surface area contributed by atoms with Crippen molar-refractivity contribution in [2.75, 3.05) is 11.9 Å². The molecule has 0 radical (unpaired) electrons. The van der Waals surface area contributed by atoms with Crippen LogP contribution in [0.15, 0.2) is 24.3 Å². The second-order valence-electron chi connectivity index (χ2n) is 3.82. The highest BCUT2D eigenvalue weighted by molar-refractivity contribution is 6.58. The summed E-state index contributed by atoms with van der Waals surface area (Å²) in [5.74, 6) is 0.817. The maximum atomic E-state index is 8.97. The van der Waals surface area contributed by atoms with Gasteiger partial charge in [0, 0.05) is 12.2 Å². The first kappa shape index (κ1) is 9.56. The van der Waals surface area contributed by atoms with Crippen LogP contribution in [0.2, 0.25) is 0 Å². The lowest BCUT2D eigenvalue weighted by molar-refractivity contribution is 0.426. The first-order valence-electron chi connectivity index (χ1n) is 4.95. The molecular weight excluding hydrogens is 177 g/mol. The van der Waals surface area contributed by atoms with Crippen molar-refractivity contribution in [3.8, 4) is 0 Å². The van der Waals surface area contributed by atoms with E-state index in [0.717, 1.165) is 18.2 Å². The number of hydrogen-bond acceptors (Lipinski definition) is 3. The van der Waals surface area contributed by atoms with Gasteiger partial charge in [0.25, 0.3) is 0 Å². The average Bonchev–Trinajstić information content (AvgIpc) is 2.99. The molecule has 0 bridgehead atoms. The summed E-state index contributed by atoms with van der Waals surface area (Å²) in [6.45, 7) is 0.991. The largest absolute Gasteiger partial charge is 0.488 e. The quantitative estimate of drug-likeness (QED) is 0.595. The molecule has 4 heteroatoms. The summed E-state index contributed by atoms with van der Waals surface area (Å²) < 4.78 is 0. The summed E-state index contributed by atoms with van der Waals surface area (Å²) >= 11 is 0. The van der Waals surface area contributed by atoms with E-state index >= 15 is 0 Å². The Labute approximate surface area is 83.9 Å². The second-order valence-corrected chi connectivity index (χ2v) is 3.82. The van der Waals surface area contributed by atoms with E-state index in [4.69, 9.17) is 10.0 Å². The second kappa shape index (κ2) is 4.03. The number of benzene rings is 1. The van der Waals surface area contributed by atoms with E-state index in [0.29, 0.717) is 5.46 Å². The van der Waals surface area contributed by atoms with Gasteiger partial charge in [-0.2, -0.15) is 0 Å². The predicted octanol–water partition coefficient (Wildman–Crippen LogP) is 0.188. The Hall–Kier alpha value is -0.995. The van der Waals surface area contributed by atoms with E-state index in [2.05, 4.69) is 5.32 Å². The molecule has 1 aliphatic rings. The Morgan fingerprint density at radius 3 is 2.79 bits per heavy atom. The van der Waals surface area contributed by atoms with Crippen LogP contribution in [0.3, 0.4) is 0 Å². The zero-order valence-electron chi connectivity index (χ0n) is 7.98. The lowest BCUT2D eigenvalue weighted by Gasteiger charge is -2.06. The van der Waals surface area contributed by atoms with Gasteiger partial charge < -0.3 is 15.4 Å². The maximum absolute atomic E-state index is 8.97. The number of hydrogen-bond donors (Lipinski definition) is 3. The van der Waals surface area contributed by atoms with E-state index in [9.17, 15) is 0 Å². The number of anilines is 1. The fourth-order valence-electron chi connectivity index (χ4n) is 1.39. The summed E-state index contributed by atoms with van der Waals surface area (Å²) in [6.07, 6.45) is 2.63. The van der Waals surface area contributed by atoms with Gasteiger partial charge in [0.15, 0.2) is 0 Å². The van der Waals surface area contributed by atoms with Gasteiger partial charge >= 0.3 is 7.12 Å². The van der Waals surface area contributed by atoms with Crippen LogP contribution < -0.4 is 10.8 Å². The van der Waals surface area contributed by atoms with Crippen molar-refractivity contribution in [2.24, 2.45) is 5.92 Å². The molecule has 74 valence electrons. The van der Waals surface area contributed by atoms with Gasteiger partial charge in [-0.05, 0) is 36.4 Å². The SMILES string of the molecule is OB(O)c1cccc(NCC2CC2)c1. The summed E-state index contributed by atoms with van der Waals surface area (Å²) in [4.78, 5) is 0. The van der Waals surface area contributed by atoms with Gasteiger partial charge in [0.05, 0.1) is 0 Å². The molecule has 0 aromatic heterocycles. The van der Waals surface area contributed by atoms with E-state index in [1.807, 2.05) is 12.1 Å². The fourth-order valence-corrected chi connectivity index (χ4v) is 1.39. The molecule has 1 aromatic rings. The third-order valence-electron chi connectivity index (χ3n) is 2.48. The Balaban J connectivity index is 1.97. The molecule has 1 saturated carbocycles. The maximum Gasteiger partial charge on any atom is 0.488 e. The fraction of sp³-hybridized carbons (Fsp3) is 0.400. The summed E-state index contributed by atoms with van der Waals surface area (Å²) in [5.41, 5.74) is 1.49. The first-order chi connectivity index (χ1) is 6.75. The van der Waals surface area contributed by atoms with Crippen LogP contribution in [-0.2, 0) is 0 Å². The standard InChI is InChI=1S/C10H14BNO2/c13-11(14)9-2-1-3-10(6-9)12-7-8-4-5-8/h1-3,6,8,12-14H,4-5,7H2. The van der Waals surface area contributed by atoms with Crippen molar-refractivity contribution in [1.82, 2.24) is 0 Å². The molecule has 0 saturated heterocycles. The highest BCUT2D eigenvalue weighted by Crippen LogP contribution is 2.28. The van der Waals surface area contributed by atoms with E-state index < -0.39 is 7.12 Å². The van der Waals surface area contributed by atoms with Crippen molar-refractivity contribution in [2.45, 2.75) is 12.8 Å². The van der Waals surface area contributed by atoms with Crippen LogP contribution >= 0.6 is 0 Å². The average molecular weight is 191 g/mol. The van der Waals surface area contributed by atoms with Crippen LogP contribution in [0, 0.1) is 5.92 Å². The molecule has 2 rings (SSSR count). The molecule has 0 spiro atoms. The minimum absolute atomic E-state index is 0.533. The first-order valence-corrected chi connectivity index (χ1v) is 4.95. The smallest absolute Gasteiger partial charge is 0.423 e. The predicted molar refractivity (Wildman–Crippen MR) is 57.5 cm³/mol. The van der Waals surface area contributed by atoms with E-state index in [1.54, 1.807) is 12.1 Å². The van der Waals surface area contributed by atoms with Gasteiger partial charge in [-0.25, -0.2) is 0 Å². The van der Waals surface area contributed by atoms with Crippen LogP contribution in [0.5, 0.6) is 0 Å². The molecule has 14 heavy (non-hydrogen) atoms. The molecule has 1 fully saturated rings. The molecule has 3 N–H and O–H groups in total. The molecule has 0 heterocycles. The topological polar surface area (TPSA) is 52.5 Å². The number of rotatable bonds is 4. The van der Waals surface area contributed by atoms with Gasteiger partial charge in [-0.15, -0.1) is 0 Å². The minimum atomic E-state index is -1.38. The summed E-state index contributed by atoms with van der Waals surface area (Å²) in [6, 6.07) is 7.23. The Morgan fingerprint density at radius 2 is 2.14 bits per heavy atom. The molecular formula is C10H14BNO2. The van der Waals surface area contributed by atoms with Crippen LogP contribution in [0.1, 0.15) is 12.8 Å². The molecule has 0 amide bonds. The molecule has 0 atom stereocenters. The molecule has 3 nitrogen and oxygen atoms in total. The molecule has 0 unspecified atom stereocenters. The highest BCUT2D eigenvalue weighted by Gasteiger charge is 2.20. The summed E-state index contributed by atoms with van der Waals surface area (Å²) in [5, 5.41) is 21.2. The highest BCUT2D eigenvalue weighted by atomic mass is 16.4. The summed E-state index contributed by atoms with van der Waals surface area (Å²) in [7, 11) is -1.38. The third kappa shape index (κ3) is 2.50. The molecule has 1 aromatic carbocycles. The lowest BCUT2D eigenvalue weighted by Crippen LogP contribution is -2.29. The van der Waals surface area contributed by atoms with E-state index in [1.165, 1.54) is 12.8 Å². The normalized spacial score (nSPS) is 15.3. The van der Waals surface area contributed by atoms with Crippen molar-refractivity contribution in [1.29, 1.82) is 0 Å². The van der Waals surface area contributed by atoms with Crippen molar-refractivity contribution < 1.29 is 10.0 Å². The van der Waals surface area contributed by atoms with Crippen molar-refractivity contribution in [3.63, 3.8) is 0 Å². The van der Waals surface area contributed by atoms with Gasteiger partial charge in [0.2, 0.25) is 0 Å². The van der Waals surface area contributed by atoms with Crippen LogP contribution in [0.4, 0.5) is 5.69 Å². The Kier molecular flexibility index (Phi) is 2.75. The zero-order valence-corrected chi connectivity index (χ0v) is 7.98. The third-order valence-corrected chi connectivity index (χ3v) is 2.48.